The third-order valence-corrected chi connectivity index (χ3v) is 5.87. The molecule has 0 saturated carbocycles. The number of halogens is 1. The van der Waals surface area contributed by atoms with Gasteiger partial charge >= 0.3 is 0 Å². The summed E-state index contributed by atoms with van der Waals surface area (Å²) in [6.45, 7) is 0. The average molecular weight is 455 g/mol. The molecule has 0 unspecified atom stereocenters. The van der Waals surface area contributed by atoms with Crippen LogP contribution in [0.25, 0.3) is 16.3 Å². The van der Waals surface area contributed by atoms with Gasteiger partial charge in [0.2, 0.25) is 0 Å². The second kappa shape index (κ2) is 8.45. The number of imide groups is 1. The molecule has 1 aliphatic rings. The van der Waals surface area contributed by atoms with Crippen molar-refractivity contribution < 1.29 is 14.3 Å². The highest BCUT2D eigenvalue weighted by Crippen LogP contribution is 2.37. The van der Waals surface area contributed by atoms with E-state index in [1.165, 1.54) is 12.0 Å². The van der Waals surface area contributed by atoms with Crippen molar-refractivity contribution in [3.05, 3.63) is 107 Å². The number of nitrogens with zero attached hydrogens (tertiary/aromatic N) is 1. The van der Waals surface area contributed by atoms with Crippen LogP contribution in [0.4, 0.5) is 11.4 Å². The number of anilines is 2. The van der Waals surface area contributed by atoms with E-state index in [9.17, 15) is 9.59 Å². The van der Waals surface area contributed by atoms with Crippen molar-refractivity contribution in [2.75, 3.05) is 17.3 Å². The van der Waals surface area contributed by atoms with Gasteiger partial charge in [-0.05, 0) is 35.2 Å². The van der Waals surface area contributed by atoms with Crippen molar-refractivity contribution in [2.45, 2.75) is 0 Å². The molecule has 1 N–H and O–H groups in total. The molecule has 0 radical (unpaired) electrons. The van der Waals surface area contributed by atoms with Crippen molar-refractivity contribution in [3.63, 3.8) is 0 Å². The number of fused-ring (bicyclic) bond motifs is 1. The standard InChI is InChI=1S/C27H19ClN2O3/c1-33-23-15-14-19(16-21(23)28)29-25-24(18-9-3-2-4-10-18)26(31)30(27(25)32)22-13-7-11-17-8-5-6-12-20(17)22/h2-16,29H,1H3. The first-order valence-electron chi connectivity index (χ1n) is 10.4. The van der Waals surface area contributed by atoms with E-state index in [0.717, 1.165) is 10.8 Å². The fourth-order valence-corrected chi connectivity index (χ4v) is 4.29. The highest BCUT2D eigenvalue weighted by atomic mass is 35.5. The summed E-state index contributed by atoms with van der Waals surface area (Å²) in [6.07, 6.45) is 0. The summed E-state index contributed by atoms with van der Waals surface area (Å²) >= 11 is 6.28. The van der Waals surface area contributed by atoms with Crippen molar-refractivity contribution in [3.8, 4) is 5.75 Å². The molecule has 6 heteroatoms. The third-order valence-electron chi connectivity index (χ3n) is 5.58. The second-order valence-electron chi connectivity index (χ2n) is 7.53. The molecule has 0 spiro atoms. The van der Waals surface area contributed by atoms with Crippen LogP contribution in [0.2, 0.25) is 5.02 Å². The van der Waals surface area contributed by atoms with E-state index in [-0.39, 0.29) is 11.6 Å². The maximum Gasteiger partial charge on any atom is 0.282 e. The van der Waals surface area contributed by atoms with Gasteiger partial charge in [-0.15, -0.1) is 0 Å². The Morgan fingerprint density at radius 1 is 0.818 bits per heavy atom. The molecule has 1 heterocycles. The molecule has 4 aromatic carbocycles. The molecule has 1 aliphatic heterocycles. The van der Waals surface area contributed by atoms with E-state index >= 15 is 0 Å². The number of ether oxygens (including phenoxy) is 1. The topological polar surface area (TPSA) is 58.6 Å². The lowest BCUT2D eigenvalue weighted by molar-refractivity contribution is -0.120. The van der Waals surface area contributed by atoms with Crippen LogP contribution in [0.3, 0.4) is 0 Å². The first kappa shape index (κ1) is 20.8. The number of benzene rings is 4. The normalized spacial score (nSPS) is 13.7. The lowest BCUT2D eigenvalue weighted by atomic mass is 10.0. The van der Waals surface area contributed by atoms with Gasteiger partial charge in [0.15, 0.2) is 0 Å². The van der Waals surface area contributed by atoms with Crippen LogP contribution in [0.5, 0.6) is 5.75 Å². The number of carbonyl (C=O) groups excluding carboxylic acids is 2. The molecule has 0 fully saturated rings. The number of carbonyl (C=O) groups is 2. The summed E-state index contributed by atoms with van der Waals surface area (Å²) in [5.41, 5.74) is 2.27. The number of rotatable bonds is 5. The monoisotopic (exact) mass is 454 g/mol. The highest BCUT2D eigenvalue weighted by Gasteiger charge is 2.40. The molecule has 0 bridgehead atoms. The Labute approximate surface area is 195 Å². The Morgan fingerprint density at radius 2 is 1.55 bits per heavy atom. The Balaban J connectivity index is 1.64. The van der Waals surface area contributed by atoms with Crippen LogP contribution in [-0.4, -0.2) is 18.9 Å². The molecular weight excluding hydrogens is 436 g/mol. The molecule has 33 heavy (non-hydrogen) atoms. The lowest BCUT2D eigenvalue weighted by Crippen LogP contribution is -2.32. The summed E-state index contributed by atoms with van der Waals surface area (Å²) in [5.74, 6) is -0.294. The first-order chi connectivity index (χ1) is 16.1. The lowest BCUT2D eigenvalue weighted by Gasteiger charge is -2.18. The fraction of sp³-hybridized carbons (Fsp3) is 0.0370. The van der Waals surface area contributed by atoms with Crippen LogP contribution < -0.4 is 15.0 Å². The molecule has 0 aliphatic carbocycles. The summed E-state index contributed by atoms with van der Waals surface area (Å²) in [6, 6.07) is 27.5. The van der Waals surface area contributed by atoms with E-state index in [0.29, 0.717) is 33.3 Å². The predicted octanol–water partition coefficient (Wildman–Crippen LogP) is 5.90. The smallest absolute Gasteiger partial charge is 0.282 e. The Kier molecular flexibility index (Phi) is 5.32. The SMILES string of the molecule is COc1ccc(NC2=C(c3ccccc3)C(=O)N(c3cccc4ccccc34)C2=O)cc1Cl. The fourth-order valence-electron chi connectivity index (χ4n) is 4.03. The van der Waals surface area contributed by atoms with Gasteiger partial charge in [0, 0.05) is 11.1 Å². The molecule has 0 atom stereocenters. The van der Waals surface area contributed by atoms with Crippen molar-refractivity contribution >= 4 is 51.1 Å². The summed E-state index contributed by atoms with van der Waals surface area (Å²) in [4.78, 5) is 28.6. The molecule has 5 rings (SSSR count). The van der Waals surface area contributed by atoms with Crippen LogP contribution in [0.1, 0.15) is 5.56 Å². The Morgan fingerprint density at radius 3 is 2.30 bits per heavy atom. The second-order valence-corrected chi connectivity index (χ2v) is 7.94. The summed E-state index contributed by atoms with van der Waals surface area (Å²) < 4.78 is 5.21. The number of nitrogens with one attached hydrogen (secondary N) is 1. The van der Waals surface area contributed by atoms with Gasteiger partial charge in [-0.1, -0.05) is 78.3 Å². The maximum absolute atomic E-state index is 13.7. The predicted molar refractivity (Wildman–Crippen MR) is 131 cm³/mol. The van der Waals surface area contributed by atoms with E-state index in [1.54, 1.807) is 24.3 Å². The minimum Gasteiger partial charge on any atom is -0.495 e. The molecule has 2 amide bonds. The number of hydrogen-bond donors (Lipinski definition) is 1. The molecule has 0 aromatic heterocycles. The van der Waals surface area contributed by atoms with E-state index < -0.39 is 5.91 Å². The average Bonchev–Trinajstić information content (AvgIpc) is 3.08. The van der Waals surface area contributed by atoms with Gasteiger partial charge < -0.3 is 10.1 Å². The molecule has 5 nitrogen and oxygen atoms in total. The Hall–Kier alpha value is -4.09. The zero-order valence-electron chi connectivity index (χ0n) is 17.7. The van der Waals surface area contributed by atoms with Gasteiger partial charge in [-0.25, -0.2) is 4.90 Å². The summed E-state index contributed by atoms with van der Waals surface area (Å²) in [5, 5.41) is 5.30. The molecule has 0 saturated heterocycles. The van der Waals surface area contributed by atoms with Gasteiger partial charge in [0.05, 0.1) is 23.4 Å². The van der Waals surface area contributed by atoms with Crippen molar-refractivity contribution in [2.24, 2.45) is 0 Å². The zero-order valence-corrected chi connectivity index (χ0v) is 18.5. The minimum absolute atomic E-state index is 0.195. The van der Waals surface area contributed by atoms with Gasteiger partial charge in [-0.3, -0.25) is 9.59 Å². The van der Waals surface area contributed by atoms with Crippen LogP contribution in [-0.2, 0) is 9.59 Å². The quantitative estimate of drug-likeness (QED) is 0.381. The van der Waals surface area contributed by atoms with Crippen LogP contribution in [0, 0.1) is 0 Å². The van der Waals surface area contributed by atoms with Crippen molar-refractivity contribution in [1.82, 2.24) is 0 Å². The highest BCUT2D eigenvalue weighted by molar-refractivity contribution is 6.47. The first-order valence-corrected chi connectivity index (χ1v) is 10.7. The van der Waals surface area contributed by atoms with Crippen LogP contribution >= 0.6 is 11.6 Å². The van der Waals surface area contributed by atoms with E-state index in [4.69, 9.17) is 16.3 Å². The number of methoxy groups -OCH3 is 1. The van der Waals surface area contributed by atoms with E-state index in [2.05, 4.69) is 5.32 Å². The minimum atomic E-state index is -0.429. The molecular formula is C27H19ClN2O3. The Bertz CT molecular complexity index is 1420. The molecule has 162 valence electrons. The van der Waals surface area contributed by atoms with Crippen LogP contribution in [0.15, 0.2) is 96.7 Å². The van der Waals surface area contributed by atoms with Gasteiger partial charge in [0.25, 0.3) is 11.8 Å². The number of amides is 2. The maximum atomic E-state index is 13.7. The summed E-state index contributed by atoms with van der Waals surface area (Å²) in [7, 11) is 1.53. The van der Waals surface area contributed by atoms with Gasteiger partial charge in [-0.2, -0.15) is 0 Å². The zero-order chi connectivity index (χ0) is 22.9. The third kappa shape index (κ3) is 3.62. The van der Waals surface area contributed by atoms with Crippen molar-refractivity contribution in [1.29, 1.82) is 0 Å². The van der Waals surface area contributed by atoms with E-state index in [1.807, 2.05) is 66.7 Å². The van der Waals surface area contributed by atoms with Gasteiger partial charge in [0.1, 0.15) is 11.4 Å². The largest absolute Gasteiger partial charge is 0.495 e. The number of hydrogen-bond acceptors (Lipinski definition) is 4. The molecule has 4 aromatic rings.